The molecule has 1 aliphatic heterocycles. The number of piperidine rings is 1. The van der Waals surface area contributed by atoms with E-state index in [0.29, 0.717) is 11.6 Å². The van der Waals surface area contributed by atoms with Crippen LogP contribution in [-0.2, 0) is 13.1 Å². The van der Waals surface area contributed by atoms with Gasteiger partial charge in [-0.25, -0.2) is 4.39 Å². The zero-order valence-corrected chi connectivity index (χ0v) is 14.3. The van der Waals surface area contributed by atoms with Gasteiger partial charge in [-0.1, -0.05) is 35.9 Å². The minimum atomic E-state index is -0.323. The fourth-order valence-corrected chi connectivity index (χ4v) is 3.24. The summed E-state index contributed by atoms with van der Waals surface area (Å²) in [7, 11) is 0. The van der Waals surface area contributed by atoms with Crippen LogP contribution in [0, 0.1) is 5.82 Å². The van der Waals surface area contributed by atoms with Gasteiger partial charge in [-0.3, -0.25) is 4.90 Å². The lowest BCUT2D eigenvalue weighted by molar-refractivity contribution is 0.0793. The smallest absolute Gasteiger partial charge is 0.124 e. The summed E-state index contributed by atoms with van der Waals surface area (Å²) < 4.78 is 13.1. The van der Waals surface area contributed by atoms with Gasteiger partial charge in [-0.15, -0.1) is 0 Å². The van der Waals surface area contributed by atoms with Crippen molar-refractivity contribution in [3.63, 3.8) is 0 Å². The Morgan fingerprint density at radius 1 is 1.12 bits per heavy atom. The van der Waals surface area contributed by atoms with Crippen molar-refractivity contribution in [2.45, 2.75) is 32.0 Å². The number of halogens is 2. The molecule has 0 aliphatic carbocycles. The molecule has 1 aliphatic rings. The Bertz CT molecular complexity index is 687. The molecule has 0 atom stereocenters. The number of benzene rings is 2. The first kappa shape index (κ1) is 17.2. The van der Waals surface area contributed by atoms with Crippen molar-refractivity contribution in [1.29, 1.82) is 0 Å². The van der Waals surface area contributed by atoms with Crippen LogP contribution < -0.4 is 5.32 Å². The highest BCUT2D eigenvalue weighted by atomic mass is 35.5. The van der Waals surface area contributed by atoms with E-state index in [-0.39, 0.29) is 11.9 Å². The average Bonchev–Trinajstić information content (AvgIpc) is 2.57. The molecule has 1 saturated heterocycles. The van der Waals surface area contributed by atoms with Crippen LogP contribution in [0.3, 0.4) is 0 Å². The van der Waals surface area contributed by atoms with Gasteiger partial charge in [0, 0.05) is 36.9 Å². The van der Waals surface area contributed by atoms with E-state index in [1.807, 2.05) is 18.2 Å². The lowest BCUT2D eigenvalue weighted by Gasteiger charge is -2.30. The molecule has 0 unspecified atom stereocenters. The lowest BCUT2D eigenvalue weighted by atomic mass is 10.1. The Hall–Kier alpha value is -1.62. The zero-order chi connectivity index (χ0) is 16.9. The van der Waals surface area contributed by atoms with Crippen LogP contribution in [0.25, 0.3) is 0 Å². The van der Waals surface area contributed by atoms with Crippen molar-refractivity contribution in [3.05, 3.63) is 64.4 Å². The van der Waals surface area contributed by atoms with Crippen LogP contribution in [0.15, 0.2) is 42.5 Å². The van der Waals surface area contributed by atoms with E-state index in [1.54, 1.807) is 6.07 Å². The highest BCUT2D eigenvalue weighted by Crippen LogP contribution is 2.23. The fourth-order valence-electron chi connectivity index (χ4n) is 3.00. The highest BCUT2D eigenvalue weighted by molar-refractivity contribution is 6.31. The minimum absolute atomic E-state index is 0.157. The molecular formula is C19H22ClFN2O. The molecule has 2 aromatic carbocycles. The molecule has 24 heavy (non-hydrogen) atoms. The number of hydrogen-bond donors (Lipinski definition) is 2. The quantitative estimate of drug-likeness (QED) is 0.855. The minimum Gasteiger partial charge on any atom is -0.393 e. The van der Waals surface area contributed by atoms with Crippen LogP contribution in [0.5, 0.6) is 0 Å². The second-order valence-electron chi connectivity index (χ2n) is 6.25. The summed E-state index contributed by atoms with van der Waals surface area (Å²) >= 11 is 6.09. The molecule has 0 radical (unpaired) electrons. The number of nitrogens with one attached hydrogen (secondary N) is 1. The molecule has 0 spiro atoms. The molecule has 5 heteroatoms. The van der Waals surface area contributed by atoms with Gasteiger partial charge in [-0.2, -0.15) is 0 Å². The van der Waals surface area contributed by atoms with Crippen LogP contribution in [-0.4, -0.2) is 29.2 Å². The van der Waals surface area contributed by atoms with E-state index >= 15 is 0 Å². The lowest BCUT2D eigenvalue weighted by Crippen LogP contribution is -2.35. The van der Waals surface area contributed by atoms with E-state index in [0.717, 1.165) is 43.7 Å². The Kier molecular flexibility index (Phi) is 5.72. The first-order valence-electron chi connectivity index (χ1n) is 8.28. The predicted molar refractivity (Wildman–Crippen MR) is 95.7 cm³/mol. The first-order valence-corrected chi connectivity index (χ1v) is 8.66. The number of rotatable bonds is 5. The molecule has 3 nitrogen and oxygen atoms in total. The second kappa shape index (κ2) is 7.97. The Morgan fingerprint density at radius 3 is 2.62 bits per heavy atom. The van der Waals surface area contributed by atoms with Crippen LogP contribution in [0.4, 0.5) is 10.1 Å². The van der Waals surface area contributed by atoms with E-state index in [4.69, 9.17) is 11.6 Å². The normalized spacial score (nSPS) is 16.3. The van der Waals surface area contributed by atoms with Gasteiger partial charge in [0.15, 0.2) is 0 Å². The maximum Gasteiger partial charge on any atom is 0.124 e. The van der Waals surface area contributed by atoms with Crippen molar-refractivity contribution < 1.29 is 9.50 Å². The van der Waals surface area contributed by atoms with E-state index in [1.165, 1.54) is 17.7 Å². The molecule has 0 saturated carbocycles. The maximum atomic E-state index is 13.1. The van der Waals surface area contributed by atoms with Crippen LogP contribution in [0.1, 0.15) is 24.0 Å². The molecule has 2 aromatic rings. The third-order valence-electron chi connectivity index (χ3n) is 4.45. The summed E-state index contributed by atoms with van der Waals surface area (Å²) in [5.74, 6) is -0.323. The number of nitrogens with zero attached hydrogens (tertiary/aromatic N) is 1. The van der Waals surface area contributed by atoms with Gasteiger partial charge in [0.25, 0.3) is 0 Å². The number of hydrogen-bond acceptors (Lipinski definition) is 3. The van der Waals surface area contributed by atoms with Gasteiger partial charge < -0.3 is 10.4 Å². The monoisotopic (exact) mass is 348 g/mol. The average molecular weight is 349 g/mol. The number of anilines is 1. The number of likely N-dealkylation sites (tertiary alicyclic amines) is 1. The molecule has 2 N–H and O–H groups in total. The van der Waals surface area contributed by atoms with E-state index in [9.17, 15) is 9.50 Å². The SMILES string of the molecule is OC1CCN(Cc2ccccc2NCc2ccc(F)cc2Cl)CC1. The maximum absolute atomic E-state index is 13.1. The van der Waals surface area contributed by atoms with Gasteiger partial charge in [0.1, 0.15) is 5.82 Å². The van der Waals surface area contributed by atoms with Crippen molar-refractivity contribution in [2.75, 3.05) is 18.4 Å². The van der Waals surface area contributed by atoms with Gasteiger partial charge in [-0.05, 0) is 42.2 Å². The molecule has 128 valence electrons. The van der Waals surface area contributed by atoms with E-state index < -0.39 is 0 Å². The van der Waals surface area contributed by atoms with Crippen LogP contribution >= 0.6 is 11.6 Å². The molecule has 1 heterocycles. The number of aliphatic hydroxyl groups excluding tert-OH is 1. The van der Waals surface area contributed by atoms with E-state index in [2.05, 4.69) is 16.3 Å². The number of para-hydroxylation sites is 1. The Labute approximate surface area is 147 Å². The highest BCUT2D eigenvalue weighted by Gasteiger charge is 2.17. The number of aliphatic hydroxyl groups is 1. The Morgan fingerprint density at radius 2 is 1.88 bits per heavy atom. The summed E-state index contributed by atoms with van der Waals surface area (Å²) in [6.45, 7) is 3.24. The zero-order valence-electron chi connectivity index (χ0n) is 13.5. The molecule has 0 amide bonds. The summed E-state index contributed by atoms with van der Waals surface area (Å²) in [6.07, 6.45) is 1.51. The summed E-state index contributed by atoms with van der Waals surface area (Å²) in [5, 5.41) is 13.5. The third kappa shape index (κ3) is 4.47. The van der Waals surface area contributed by atoms with Crippen molar-refractivity contribution in [3.8, 4) is 0 Å². The molecule has 3 rings (SSSR count). The molecular weight excluding hydrogens is 327 g/mol. The molecule has 1 fully saturated rings. The van der Waals surface area contributed by atoms with Crippen LogP contribution in [0.2, 0.25) is 5.02 Å². The van der Waals surface area contributed by atoms with Crippen molar-refractivity contribution in [2.24, 2.45) is 0 Å². The fraction of sp³-hybridized carbons (Fsp3) is 0.368. The molecule has 0 aromatic heterocycles. The Balaban J connectivity index is 1.65. The van der Waals surface area contributed by atoms with Gasteiger partial charge in [0.05, 0.1) is 6.10 Å². The second-order valence-corrected chi connectivity index (χ2v) is 6.66. The summed E-state index contributed by atoms with van der Waals surface area (Å²) in [4.78, 5) is 2.36. The van der Waals surface area contributed by atoms with Crippen molar-refractivity contribution >= 4 is 17.3 Å². The third-order valence-corrected chi connectivity index (χ3v) is 4.80. The predicted octanol–water partition coefficient (Wildman–Crippen LogP) is 4.05. The van der Waals surface area contributed by atoms with Gasteiger partial charge >= 0.3 is 0 Å². The topological polar surface area (TPSA) is 35.5 Å². The van der Waals surface area contributed by atoms with Crippen molar-refractivity contribution in [1.82, 2.24) is 4.90 Å². The van der Waals surface area contributed by atoms with Gasteiger partial charge in [0.2, 0.25) is 0 Å². The first-order chi connectivity index (χ1) is 11.6. The summed E-state index contributed by atoms with van der Waals surface area (Å²) in [5.41, 5.74) is 3.14. The standard InChI is InChI=1S/C19H22ClFN2O/c20-18-11-16(21)6-5-14(18)12-22-19-4-2-1-3-15(19)13-23-9-7-17(24)8-10-23/h1-6,11,17,22,24H,7-10,12-13H2. The summed E-state index contributed by atoms with van der Waals surface area (Å²) in [6, 6.07) is 12.7. The largest absolute Gasteiger partial charge is 0.393 e. The molecule has 0 bridgehead atoms.